The molecule has 2 saturated carbocycles. The smallest absolute Gasteiger partial charge is 0.257 e. The highest BCUT2D eigenvalue weighted by Crippen LogP contribution is 2.64. The fourth-order valence-electron chi connectivity index (χ4n) is 6.45. The molecular weight excluding hydrogens is 416 g/mol. The molecule has 1 aromatic heterocycles. The van der Waals surface area contributed by atoms with Crippen LogP contribution in [0.15, 0.2) is 6.20 Å². The maximum absolute atomic E-state index is 13.3. The number of hydrogen-bond donors (Lipinski definition) is 0. The lowest BCUT2D eigenvalue weighted by atomic mass is 9.70. The van der Waals surface area contributed by atoms with Crippen LogP contribution in [0.3, 0.4) is 0 Å². The molecule has 0 N–H and O–H groups in total. The molecule has 2 bridgehead atoms. The molecule has 3 heterocycles. The van der Waals surface area contributed by atoms with Crippen molar-refractivity contribution >= 4 is 21.7 Å². The zero-order valence-electron chi connectivity index (χ0n) is 18.5. The minimum absolute atomic E-state index is 0.0514. The molecule has 4 aliphatic rings. The predicted molar refractivity (Wildman–Crippen MR) is 115 cm³/mol. The number of fused-ring (bicyclic) bond motifs is 3. The fourth-order valence-corrected chi connectivity index (χ4v) is 8.65. The molecule has 3 fully saturated rings. The van der Waals surface area contributed by atoms with Crippen LogP contribution in [0.1, 0.15) is 62.0 Å². The first-order valence-corrected chi connectivity index (χ1v) is 13.1. The van der Waals surface area contributed by atoms with E-state index < -0.39 is 15.4 Å². The highest BCUT2D eigenvalue weighted by molar-refractivity contribution is 7.89. The molecule has 2 atom stereocenters. The van der Waals surface area contributed by atoms with Gasteiger partial charge in [-0.2, -0.15) is 9.40 Å². The summed E-state index contributed by atoms with van der Waals surface area (Å²) in [6.45, 7) is 6.29. The second-order valence-electron chi connectivity index (χ2n) is 10.3. The van der Waals surface area contributed by atoms with Gasteiger partial charge in [0, 0.05) is 44.6 Å². The molecular formula is C22H32N4O4S. The number of rotatable bonds is 4. The second-order valence-corrected chi connectivity index (χ2v) is 12.3. The van der Waals surface area contributed by atoms with Crippen LogP contribution in [0.5, 0.6) is 0 Å². The van der Waals surface area contributed by atoms with Crippen LogP contribution in [0.2, 0.25) is 0 Å². The number of sulfonamides is 1. The Bertz CT molecular complexity index is 1020. The zero-order valence-corrected chi connectivity index (χ0v) is 19.3. The monoisotopic (exact) mass is 448 g/mol. The van der Waals surface area contributed by atoms with E-state index in [2.05, 4.69) is 18.9 Å². The topological polar surface area (TPSA) is 92.6 Å². The first-order chi connectivity index (χ1) is 14.7. The predicted octanol–water partition coefficient (Wildman–Crippen LogP) is 1.70. The first-order valence-electron chi connectivity index (χ1n) is 11.5. The van der Waals surface area contributed by atoms with Crippen molar-refractivity contribution in [1.29, 1.82) is 0 Å². The molecule has 9 heteroatoms. The summed E-state index contributed by atoms with van der Waals surface area (Å²) in [6, 6.07) is 0. The van der Waals surface area contributed by atoms with Crippen LogP contribution in [-0.2, 0) is 27.8 Å². The lowest BCUT2D eigenvalue weighted by Crippen LogP contribution is -2.53. The summed E-state index contributed by atoms with van der Waals surface area (Å²) in [5, 5.41) is 4.36. The number of amides is 1. The molecule has 170 valence electrons. The number of carbonyl (C=O) groups excluding carboxylic acids is 2. The van der Waals surface area contributed by atoms with Gasteiger partial charge in [-0.15, -0.1) is 0 Å². The van der Waals surface area contributed by atoms with Crippen molar-refractivity contribution in [3.8, 4) is 0 Å². The largest absolute Gasteiger partial charge is 0.336 e. The summed E-state index contributed by atoms with van der Waals surface area (Å²) in [5.41, 5.74) is 0.644. The average molecular weight is 449 g/mol. The van der Waals surface area contributed by atoms with Crippen molar-refractivity contribution in [3.05, 3.63) is 17.5 Å². The summed E-state index contributed by atoms with van der Waals surface area (Å²) in [6.07, 6.45) is 6.80. The Kier molecular flexibility index (Phi) is 4.86. The third kappa shape index (κ3) is 3.10. The van der Waals surface area contributed by atoms with Crippen LogP contribution in [0.25, 0.3) is 0 Å². The number of hydrogen-bond acceptors (Lipinski definition) is 5. The summed E-state index contributed by atoms with van der Waals surface area (Å²) in [5.74, 6) is 0.279. The van der Waals surface area contributed by atoms with Crippen LogP contribution >= 0.6 is 0 Å². The third-order valence-electron chi connectivity index (χ3n) is 8.70. The Hall–Kier alpha value is -1.74. The highest BCUT2D eigenvalue weighted by Gasteiger charge is 2.65. The van der Waals surface area contributed by atoms with E-state index in [-0.39, 0.29) is 35.9 Å². The summed E-state index contributed by atoms with van der Waals surface area (Å²) in [7, 11) is -3.57. The highest BCUT2D eigenvalue weighted by atomic mass is 32.2. The van der Waals surface area contributed by atoms with Crippen molar-refractivity contribution in [2.45, 2.75) is 58.9 Å². The minimum atomic E-state index is -3.57. The summed E-state index contributed by atoms with van der Waals surface area (Å²) < 4.78 is 30.0. The number of piperazine rings is 1. The Morgan fingerprint density at radius 2 is 1.90 bits per heavy atom. The van der Waals surface area contributed by atoms with Gasteiger partial charge in [-0.1, -0.05) is 13.8 Å². The normalized spacial score (nSPS) is 30.6. The van der Waals surface area contributed by atoms with Crippen LogP contribution in [-0.4, -0.2) is 71.0 Å². The van der Waals surface area contributed by atoms with Crippen LogP contribution in [0, 0.1) is 16.7 Å². The van der Waals surface area contributed by atoms with E-state index >= 15 is 0 Å². The lowest BCUT2D eigenvalue weighted by Gasteiger charge is -2.39. The van der Waals surface area contributed by atoms with Gasteiger partial charge in [0.25, 0.3) is 5.91 Å². The van der Waals surface area contributed by atoms with Gasteiger partial charge in [0.2, 0.25) is 10.0 Å². The maximum atomic E-state index is 13.3. The molecule has 0 aromatic carbocycles. The minimum Gasteiger partial charge on any atom is -0.336 e. The van der Waals surface area contributed by atoms with Gasteiger partial charge >= 0.3 is 0 Å². The first kappa shape index (κ1) is 21.1. The second kappa shape index (κ2) is 7.13. The van der Waals surface area contributed by atoms with E-state index in [1.54, 1.807) is 11.1 Å². The van der Waals surface area contributed by atoms with E-state index in [0.29, 0.717) is 37.4 Å². The van der Waals surface area contributed by atoms with E-state index in [9.17, 15) is 18.0 Å². The molecule has 1 aromatic rings. The zero-order chi connectivity index (χ0) is 22.0. The van der Waals surface area contributed by atoms with E-state index in [1.165, 1.54) is 4.31 Å². The van der Waals surface area contributed by atoms with E-state index in [1.807, 2.05) is 4.68 Å². The molecule has 2 aliphatic heterocycles. The van der Waals surface area contributed by atoms with Gasteiger partial charge < -0.3 is 4.90 Å². The van der Waals surface area contributed by atoms with Gasteiger partial charge in [0.1, 0.15) is 5.78 Å². The molecule has 5 rings (SSSR count). The van der Waals surface area contributed by atoms with Crippen molar-refractivity contribution in [2.24, 2.45) is 16.7 Å². The number of aromatic nitrogens is 2. The number of ketones is 1. The van der Waals surface area contributed by atoms with Crippen LogP contribution < -0.4 is 0 Å². The quantitative estimate of drug-likeness (QED) is 0.699. The standard InChI is InChI=1S/C22H32N4O4S/c1-21(2)16-6-7-22(21,19(27)13-16)15-31(29,30)25-11-9-24(10-12-25)20(28)17-14-23-26-8-4-3-5-18(17)26/h14,16H,3-13,15H2,1-2H3. The third-order valence-corrected chi connectivity index (χ3v) is 10.7. The molecule has 8 nitrogen and oxygen atoms in total. The molecule has 1 saturated heterocycles. The molecule has 0 spiro atoms. The summed E-state index contributed by atoms with van der Waals surface area (Å²) in [4.78, 5) is 27.6. The number of carbonyl (C=O) groups is 2. The number of nitrogens with zero attached hydrogens (tertiary/aromatic N) is 4. The average Bonchev–Trinajstić information content (AvgIpc) is 3.33. The van der Waals surface area contributed by atoms with Gasteiger partial charge in [-0.3, -0.25) is 14.3 Å². The maximum Gasteiger partial charge on any atom is 0.257 e. The van der Waals surface area contributed by atoms with Crippen molar-refractivity contribution in [1.82, 2.24) is 19.0 Å². The van der Waals surface area contributed by atoms with E-state index in [4.69, 9.17) is 0 Å². The van der Waals surface area contributed by atoms with Crippen molar-refractivity contribution < 1.29 is 18.0 Å². The molecule has 2 unspecified atom stereocenters. The van der Waals surface area contributed by atoms with Crippen molar-refractivity contribution in [3.63, 3.8) is 0 Å². The number of aryl methyl sites for hydroxylation is 1. The molecule has 31 heavy (non-hydrogen) atoms. The Balaban J connectivity index is 1.27. The SMILES string of the molecule is CC1(C)C2CCC1(CS(=O)(=O)N1CCN(C(=O)c3cnn4c3CCCC4)CC1)C(=O)C2. The van der Waals surface area contributed by atoms with Gasteiger partial charge in [-0.05, 0) is 43.4 Å². The Morgan fingerprint density at radius 1 is 1.16 bits per heavy atom. The summed E-state index contributed by atoms with van der Waals surface area (Å²) >= 11 is 0. The fraction of sp³-hybridized carbons (Fsp3) is 0.773. The molecule has 2 aliphatic carbocycles. The molecule has 1 amide bonds. The van der Waals surface area contributed by atoms with Crippen molar-refractivity contribution in [2.75, 3.05) is 31.9 Å². The molecule has 0 radical (unpaired) electrons. The number of Topliss-reactive ketones (excluding diaryl/α,β-unsaturated/α-hetero) is 1. The van der Waals surface area contributed by atoms with Gasteiger partial charge in [0.05, 0.1) is 23.2 Å². The Labute approximate surface area is 184 Å². The van der Waals surface area contributed by atoms with Gasteiger partial charge in [-0.25, -0.2) is 8.42 Å². The van der Waals surface area contributed by atoms with E-state index in [0.717, 1.165) is 37.9 Å². The lowest BCUT2D eigenvalue weighted by molar-refractivity contribution is -0.128. The van der Waals surface area contributed by atoms with Crippen LogP contribution in [0.4, 0.5) is 0 Å². The van der Waals surface area contributed by atoms with Gasteiger partial charge in [0.15, 0.2) is 0 Å². The Morgan fingerprint density at radius 3 is 2.55 bits per heavy atom.